The second-order valence-electron chi connectivity index (χ2n) is 6.33. The van der Waals surface area contributed by atoms with Crippen molar-refractivity contribution >= 4 is 0 Å². The van der Waals surface area contributed by atoms with Crippen LogP contribution in [-0.2, 0) is 0 Å². The predicted octanol–water partition coefficient (Wildman–Crippen LogP) is 2.71. The van der Waals surface area contributed by atoms with E-state index in [0.29, 0.717) is 5.41 Å². The van der Waals surface area contributed by atoms with E-state index in [2.05, 4.69) is 37.1 Å². The van der Waals surface area contributed by atoms with Crippen LogP contribution in [0.3, 0.4) is 0 Å². The number of hydrogen-bond acceptors (Lipinski definition) is 0. The van der Waals surface area contributed by atoms with Crippen molar-refractivity contribution in [3.05, 3.63) is 0 Å². The molecule has 0 saturated heterocycles. The summed E-state index contributed by atoms with van der Waals surface area (Å²) in [5.41, 5.74) is 0.468. The van der Waals surface area contributed by atoms with Gasteiger partial charge in [-0.2, -0.15) is 0 Å². The smallest absolute Gasteiger partial charge is 0.0594 e. The van der Waals surface area contributed by atoms with Gasteiger partial charge < -0.3 is 0 Å². The monoisotopic (exact) mass is 210 g/mol. The Balaban J connectivity index is 2.06. The molecule has 1 fully saturated rings. The lowest BCUT2D eigenvalue weighted by atomic mass is 9.81. The predicted molar refractivity (Wildman–Crippen MR) is 61.4 cm³/mol. The van der Waals surface area contributed by atoms with E-state index in [9.17, 15) is 0 Å². The highest BCUT2D eigenvalue weighted by Gasteiger charge is 2.50. The molecule has 15 heavy (non-hydrogen) atoms. The first-order chi connectivity index (χ1) is 7.02. The topological polar surface area (TPSA) is 6.02 Å². The van der Waals surface area contributed by atoms with E-state index < -0.39 is 0 Å². The van der Waals surface area contributed by atoms with Gasteiger partial charge in [0.2, 0.25) is 25.7 Å². The first-order valence-electron chi connectivity index (χ1n) is 6.54. The van der Waals surface area contributed by atoms with Crippen LogP contribution in [-0.4, -0.2) is 35.1 Å². The lowest BCUT2D eigenvalue weighted by molar-refractivity contribution is -1.01. The van der Waals surface area contributed by atoms with Gasteiger partial charge in [0.1, 0.15) is 0 Å². The van der Waals surface area contributed by atoms with Gasteiger partial charge in [0.25, 0.3) is 0 Å². The zero-order valence-corrected chi connectivity index (χ0v) is 10.8. The summed E-state index contributed by atoms with van der Waals surface area (Å²) in [5.74, 6) is 0.852. The molecule has 1 aliphatic heterocycles. The van der Waals surface area contributed by atoms with Crippen LogP contribution < -0.4 is 0 Å². The number of azo groups is 4. The Morgan fingerprint density at radius 3 is 2.27 bits per heavy atom. The Morgan fingerprint density at radius 2 is 1.80 bits per heavy atom. The molecule has 0 amide bonds. The van der Waals surface area contributed by atoms with Crippen LogP contribution in [0.15, 0.2) is 0 Å². The SMILES string of the molecule is CCC[N+]1=[N+](C2CC2)CC(C(C)(C)C)C1. The Kier molecular flexibility index (Phi) is 2.87. The van der Waals surface area contributed by atoms with Crippen LogP contribution in [0.1, 0.15) is 47.0 Å². The van der Waals surface area contributed by atoms with Crippen LogP contribution in [0, 0.1) is 11.3 Å². The molecule has 2 nitrogen and oxygen atoms in total. The van der Waals surface area contributed by atoms with Gasteiger partial charge in [-0.1, -0.05) is 27.7 Å². The maximum Gasteiger partial charge on any atom is 0.213 e. The fraction of sp³-hybridized carbons (Fsp3) is 1.00. The first-order valence-corrected chi connectivity index (χ1v) is 6.54. The molecule has 1 unspecified atom stereocenters. The quantitative estimate of drug-likeness (QED) is 0.632. The molecular weight excluding hydrogens is 184 g/mol. The average Bonchev–Trinajstić information content (AvgIpc) is 2.87. The van der Waals surface area contributed by atoms with Crippen LogP contribution in [0.2, 0.25) is 0 Å². The molecule has 0 N–H and O–H groups in total. The Bertz CT molecular complexity index is 269. The summed E-state index contributed by atoms with van der Waals surface area (Å²) in [7, 11) is 0. The third-order valence-electron chi connectivity index (χ3n) is 3.88. The highest BCUT2D eigenvalue weighted by molar-refractivity contribution is 4.76. The summed E-state index contributed by atoms with van der Waals surface area (Å²) in [6.07, 6.45) is 4.13. The molecule has 0 radical (unpaired) electrons. The minimum atomic E-state index is 0.468. The number of hydrogen-bond donors (Lipinski definition) is 0. The van der Waals surface area contributed by atoms with Crippen LogP contribution in [0.4, 0.5) is 0 Å². The number of rotatable bonds is 3. The van der Waals surface area contributed by atoms with Crippen molar-refractivity contribution in [2.45, 2.75) is 53.0 Å². The van der Waals surface area contributed by atoms with Crippen LogP contribution in [0.5, 0.6) is 0 Å². The van der Waals surface area contributed by atoms with Crippen molar-refractivity contribution in [3.63, 3.8) is 0 Å². The third-order valence-corrected chi connectivity index (χ3v) is 3.88. The van der Waals surface area contributed by atoms with Crippen molar-refractivity contribution < 1.29 is 9.39 Å². The minimum Gasteiger partial charge on any atom is -0.0594 e. The van der Waals surface area contributed by atoms with E-state index in [1.165, 1.54) is 38.9 Å². The summed E-state index contributed by atoms with van der Waals surface area (Å²) in [6.45, 7) is 13.3. The third kappa shape index (κ3) is 2.40. The normalized spacial score (nSPS) is 27.6. The van der Waals surface area contributed by atoms with Crippen LogP contribution >= 0.6 is 0 Å². The van der Waals surface area contributed by atoms with Gasteiger partial charge in [-0.25, -0.2) is 0 Å². The molecule has 0 bridgehead atoms. The fourth-order valence-electron chi connectivity index (χ4n) is 2.54. The van der Waals surface area contributed by atoms with Crippen molar-refractivity contribution in [2.75, 3.05) is 19.6 Å². The van der Waals surface area contributed by atoms with E-state index in [1.807, 2.05) is 0 Å². The van der Waals surface area contributed by atoms with Gasteiger partial charge in [-0.15, -0.1) is 0 Å². The first kappa shape index (κ1) is 11.1. The summed E-state index contributed by atoms with van der Waals surface area (Å²) in [6, 6.07) is 0.892. The molecule has 2 heteroatoms. The molecule has 0 aromatic rings. The molecule has 0 aromatic carbocycles. The molecule has 1 saturated carbocycles. The summed E-state index contributed by atoms with van der Waals surface area (Å²) in [5, 5.41) is 0. The molecule has 0 spiro atoms. The zero-order valence-electron chi connectivity index (χ0n) is 10.8. The number of nitrogens with zero attached hydrogens (tertiary/aromatic N) is 2. The van der Waals surface area contributed by atoms with Gasteiger partial charge in [0.05, 0.1) is 5.92 Å². The van der Waals surface area contributed by atoms with Gasteiger partial charge in [-0.3, -0.25) is 0 Å². The van der Waals surface area contributed by atoms with E-state index in [1.54, 1.807) is 0 Å². The minimum absolute atomic E-state index is 0.468. The van der Waals surface area contributed by atoms with E-state index >= 15 is 0 Å². The van der Waals surface area contributed by atoms with E-state index in [0.717, 1.165) is 12.0 Å². The maximum atomic E-state index is 2.67. The van der Waals surface area contributed by atoms with Gasteiger partial charge in [0, 0.05) is 19.3 Å². The molecule has 0 aromatic heterocycles. The Morgan fingerprint density at radius 1 is 1.13 bits per heavy atom. The lowest BCUT2D eigenvalue weighted by Gasteiger charge is -2.20. The maximum absolute atomic E-state index is 2.67. The lowest BCUT2D eigenvalue weighted by Crippen LogP contribution is -2.26. The molecule has 2 aliphatic rings. The molecule has 2 rings (SSSR count). The van der Waals surface area contributed by atoms with Gasteiger partial charge in [0.15, 0.2) is 0 Å². The fourth-order valence-corrected chi connectivity index (χ4v) is 2.54. The summed E-state index contributed by atoms with van der Waals surface area (Å²) < 4.78 is 5.28. The second kappa shape index (κ2) is 3.88. The zero-order chi connectivity index (χ0) is 11.1. The largest absolute Gasteiger partial charge is 0.213 e. The highest BCUT2D eigenvalue weighted by atomic mass is 15.4. The van der Waals surface area contributed by atoms with Gasteiger partial charge in [-0.05, 0) is 14.8 Å². The molecule has 1 heterocycles. The van der Waals surface area contributed by atoms with E-state index in [4.69, 9.17) is 0 Å². The van der Waals surface area contributed by atoms with Crippen molar-refractivity contribution in [1.82, 2.24) is 0 Å². The molecule has 86 valence electrons. The standard InChI is InChI=1S/C13H26N2/c1-5-8-14-9-11(13(2,3)4)10-15(14)12-6-7-12/h11-12H,5-10H2,1-4H3/q+2. The highest BCUT2D eigenvalue weighted by Crippen LogP contribution is 2.33. The Labute approximate surface area is 94.0 Å². The van der Waals surface area contributed by atoms with Gasteiger partial charge >= 0.3 is 0 Å². The average molecular weight is 210 g/mol. The van der Waals surface area contributed by atoms with Crippen molar-refractivity contribution in [1.29, 1.82) is 0 Å². The molecule has 1 aliphatic carbocycles. The van der Waals surface area contributed by atoms with Crippen molar-refractivity contribution in [3.8, 4) is 0 Å². The molecule has 1 atom stereocenters. The van der Waals surface area contributed by atoms with Crippen LogP contribution in [0.25, 0.3) is 0 Å². The summed E-state index contributed by atoms with van der Waals surface area (Å²) in [4.78, 5) is 0. The van der Waals surface area contributed by atoms with E-state index in [-0.39, 0.29) is 0 Å². The Hall–Kier alpha value is -0.400. The van der Waals surface area contributed by atoms with Crippen molar-refractivity contribution in [2.24, 2.45) is 11.3 Å². The molecular formula is C13H26N2+2. The summed E-state index contributed by atoms with van der Waals surface area (Å²) >= 11 is 0. The second-order valence-corrected chi connectivity index (χ2v) is 6.33.